The quantitative estimate of drug-likeness (QED) is 0.732. The van der Waals surface area contributed by atoms with Crippen LogP contribution in [0.3, 0.4) is 0 Å². The van der Waals surface area contributed by atoms with Crippen LogP contribution in [0.5, 0.6) is 0 Å². The summed E-state index contributed by atoms with van der Waals surface area (Å²) in [6, 6.07) is 10.0. The minimum Gasteiger partial charge on any atom is -0.370 e. The Balaban J connectivity index is 1.89. The number of rotatable bonds is 8. The number of nitrogens with two attached hydrogens (primary N) is 1. The predicted molar refractivity (Wildman–Crippen MR) is 101 cm³/mol. The Hall–Kier alpha value is -2.45. The topological polar surface area (TPSA) is 105 Å². The molecule has 0 saturated carbocycles. The number of nitrogens with one attached hydrogen (secondary N) is 1. The first-order chi connectivity index (χ1) is 12.3. The van der Waals surface area contributed by atoms with Crippen molar-refractivity contribution < 1.29 is 13.2 Å². The Bertz CT molecular complexity index is 830. The smallest absolute Gasteiger partial charge is 0.255 e. The molecule has 1 aromatic heterocycles. The largest absolute Gasteiger partial charge is 0.370 e. The van der Waals surface area contributed by atoms with Gasteiger partial charge < -0.3 is 10.2 Å². The Morgan fingerprint density at radius 1 is 1.12 bits per heavy atom. The van der Waals surface area contributed by atoms with Crippen molar-refractivity contribution in [2.24, 2.45) is 5.14 Å². The van der Waals surface area contributed by atoms with Crippen molar-refractivity contribution in [3.05, 3.63) is 53.7 Å². The molecule has 0 aliphatic carbocycles. The third-order valence-electron chi connectivity index (χ3n) is 4.03. The number of carbonyl (C=O) groups is 1. The van der Waals surface area contributed by atoms with Gasteiger partial charge in [-0.2, -0.15) is 0 Å². The van der Waals surface area contributed by atoms with Gasteiger partial charge in [0.2, 0.25) is 10.0 Å². The molecule has 0 atom stereocenters. The summed E-state index contributed by atoms with van der Waals surface area (Å²) in [6.07, 6.45) is 2.27. The first kappa shape index (κ1) is 19.9. The Kier molecular flexibility index (Phi) is 6.70. The molecule has 0 bridgehead atoms. The van der Waals surface area contributed by atoms with Gasteiger partial charge >= 0.3 is 0 Å². The van der Waals surface area contributed by atoms with Gasteiger partial charge in [-0.1, -0.05) is 12.1 Å². The molecule has 0 aliphatic rings. The van der Waals surface area contributed by atoms with Crippen molar-refractivity contribution >= 4 is 21.7 Å². The average Bonchev–Trinajstić information content (AvgIpc) is 2.63. The summed E-state index contributed by atoms with van der Waals surface area (Å²) in [7, 11) is -3.66. The second kappa shape index (κ2) is 8.77. The summed E-state index contributed by atoms with van der Waals surface area (Å²) in [6.45, 7) is 5.85. The van der Waals surface area contributed by atoms with Crippen LogP contribution in [0.1, 0.15) is 29.8 Å². The zero-order chi connectivity index (χ0) is 19.2. The van der Waals surface area contributed by atoms with Gasteiger partial charge in [0.15, 0.2) is 0 Å². The monoisotopic (exact) mass is 376 g/mol. The lowest BCUT2D eigenvalue weighted by molar-refractivity contribution is 0.0772. The van der Waals surface area contributed by atoms with Crippen molar-refractivity contribution in [3.63, 3.8) is 0 Å². The van der Waals surface area contributed by atoms with Crippen LogP contribution in [0.25, 0.3) is 0 Å². The number of hydrogen-bond acceptors (Lipinski definition) is 5. The van der Waals surface area contributed by atoms with Gasteiger partial charge in [0.1, 0.15) is 5.82 Å². The molecule has 1 amide bonds. The van der Waals surface area contributed by atoms with E-state index in [-0.39, 0.29) is 10.8 Å². The van der Waals surface area contributed by atoms with Crippen molar-refractivity contribution in [2.45, 2.75) is 25.2 Å². The SMILES string of the molecule is CCN(CC)C(=O)c1ccc(NCCc2ccc(S(N)(=O)=O)cc2)nc1. The molecule has 0 saturated heterocycles. The molecule has 0 spiro atoms. The van der Waals surface area contributed by atoms with E-state index in [4.69, 9.17) is 5.14 Å². The van der Waals surface area contributed by atoms with E-state index < -0.39 is 10.0 Å². The summed E-state index contributed by atoms with van der Waals surface area (Å²) in [5, 5.41) is 8.26. The van der Waals surface area contributed by atoms with Gasteiger partial charge in [0, 0.05) is 25.8 Å². The van der Waals surface area contributed by atoms with E-state index in [1.54, 1.807) is 35.4 Å². The molecular weight excluding hydrogens is 352 g/mol. The van der Waals surface area contributed by atoms with Crippen LogP contribution in [-0.2, 0) is 16.4 Å². The molecule has 140 valence electrons. The average molecular weight is 376 g/mol. The zero-order valence-corrected chi connectivity index (χ0v) is 15.8. The molecule has 26 heavy (non-hydrogen) atoms. The molecular formula is C18H24N4O3S. The standard InChI is InChI=1S/C18H24N4O3S/c1-3-22(4-2)18(23)15-7-10-17(21-13-15)20-12-11-14-5-8-16(9-6-14)26(19,24)25/h5-10,13H,3-4,11-12H2,1-2H3,(H,20,21)(H2,19,24,25). The minimum absolute atomic E-state index is 0.0241. The molecule has 0 radical (unpaired) electrons. The molecule has 7 nitrogen and oxygen atoms in total. The fourth-order valence-electron chi connectivity index (χ4n) is 2.50. The molecule has 0 unspecified atom stereocenters. The van der Waals surface area contributed by atoms with Crippen LogP contribution in [0.15, 0.2) is 47.5 Å². The Morgan fingerprint density at radius 3 is 2.27 bits per heavy atom. The van der Waals surface area contributed by atoms with E-state index in [9.17, 15) is 13.2 Å². The fraction of sp³-hybridized carbons (Fsp3) is 0.333. The van der Waals surface area contributed by atoms with Crippen LogP contribution in [0, 0.1) is 0 Å². The van der Waals surface area contributed by atoms with Gasteiger partial charge in [-0.25, -0.2) is 18.5 Å². The molecule has 0 aliphatic heterocycles. The lowest BCUT2D eigenvalue weighted by Gasteiger charge is -2.18. The van der Waals surface area contributed by atoms with Crippen molar-refractivity contribution in [1.29, 1.82) is 0 Å². The second-order valence-corrected chi connectivity index (χ2v) is 7.34. The number of primary sulfonamides is 1. The van der Waals surface area contributed by atoms with Gasteiger partial charge in [-0.15, -0.1) is 0 Å². The summed E-state index contributed by atoms with van der Waals surface area (Å²) in [5.41, 5.74) is 1.55. The molecule has 0 fully saturated rings. The third kappa shape index (κ3) is 5.27. The minimum atomic E-state index is -3.66. The maximum absolute atomic E-state index is 12.2. The number of sulfonamides is 1. The number of aromatic nitrogens is 1. The van der Waals surface area contributed by atoms with E-state index in [0.717, 1.165) is 5.56 Å². The van der Waals surface area contributed by atoms with E-state index >= 15 is 0 Å². The summed E-state index contributed by atoms with van der Waals surface area (Å²) < 4.78 is 22.5. The number of carbonyl (C=O) groups excluding carboxylic acids is 1. The molecule has 2 rings (SSSR count). The molecule has 1 aromatic carbocycles. The van der Waals surface area contributed by atoms with Crippen molar-refractivity contribution in [1.82, 2.24) is 9.88 Å². The van der Waals surface area contributed by atoms with E-state index in [0.29, 0.717) is 37.4 Å². The maximum atomic E-state index is 12.2. The fourth-order valence-corrected chi connectivity index (χ4v) is 3.01. The van der Waals surface area contributed by atoms with Crippen LogP contribution in [0.4, 0.5) is 5.82 Å². The zero-order valence-electron chi connectivity index (χ0n) is 15.0. The highest BCUT2D eigenvalue weighted by Gasteiger charge is 2.12. The second-order valence-electron chi connectivity index (χ2n) is 5.78. The highest BCUT2D eigenvalue weighted by Crippen LogP contribution is 2.11. The first-order valence-electron chi connectivity index (χ1n) is 8.46. The molecule has 3 N–H and O–H groups in total. The van der Waals surface area contributed by atoms with E-state index in [2.05, 4.69) is 10.3 Å². The van der Waals surface area contributed by atoms with Crippen LogP contribution in [-0.4, -0.2) is 43.8 Å². The number of pyridine rings is 1. The molecule has 1 heterocycles. The summed E-state index contributed by atoms with van der Waals surface area (Å²) in [4.78, 5) is 18.3. The van der Waals surface area contributed by atoms with Gasteiger partial charge in [0.05, 0.1) is 10.5 Å². The van der Waals surface area contributed by atoms with Gasteiger partial charge in [0.25, 0.3) is 5.91 Å². The molecule has 2 aromatic rings. The van der Waals surface area contributed by atoms with Crippen molar-refractivity contribution in [3.8, 4) is 0 Å². The van der Waals surface area contributed by atoms with Crippen LogP contribution < -0.4 is 10.5 Å². The van der Waals surface area contributed by atoms with Crippen LogP contribution in [0.2, 0.25) is 0 Å². The lowest BCUT2D eigenvalue weighted by Crippen LogP contribution is -2.30. The van der Waals surface area contributed by atoms with E-state index in [1.165, 1.54) is 12.1 Å². The highest BCUT2D eigenvalue weighted by molar-refractivity contribution is 7.89. The number of nitrogens with zero attached hydrogens (tertiary/aromatic N) is 2. The Labute approximate surface area is 154 Å². The third-order valence-corrected chi connectivity index (χ3v) is 4.96. The number of hydrogen-bond donors (Lipinski definition) is 2. The van der Waals surface area contributed by atoms with E-state index in [1.807, 2.05) is 13.8 Å². The summed E-state index contributed by atoms with van der Waals surface area (Å²) in [5.74, 6) is 0.659. The van der Waals surface area contributed by atoms with Crippen LogP contribution >= 0.6 is 0 Å². The highest BCUT2D eigenvalue weighted by atomic mass is 32.2. The van der Waals surface area contributed by atoms with Gasteiger partial charge in [-0.05, 0) is 50.1 Å². The molecule has 8 heteroatoms. The Morgan fingerprint density at radius 2 is 1.77 bits per heavy atom. The number of anilines is 1. The first-order valence-corrected chi connectivity index (χ1v) is 10.0. The predicted octanol–water partition coefficient (Wildman–Crippen LogP) is 1.87. The summed E-state index contributed by atoms with van der Waals surface area (Å²) >= 11 is 0. The number of benzene rings is 1. The lowest BCUT2D eigenvalue weighted by atomic mass is 10.1. The van der Waals surface area contributed by atoms with Gasteiger partial charge in [-0.3, -0.25) is 4.79 Å². The number of amides is 1. The van der Waals surface area contributed by atoms with Crippen molar-refractivity contribution in [2.75, 3.05) is 25.0 Å². The normalized spacial score (nSPS) is 11.2. The maximum Gasteiger partial charge on any atom is 0.255 e.